The van der Waals surface area contributed by atoms with Gasteiger partial charge in [0.1, 0.15) is 6.10 Å². The highest BCUT2D eigenvalue weighted by Crippen LogP contribution is 2.26. The Morgan fingerprint density at radius 1 is 1.40 bits per heavy atom. The van der Waals surface area contributed by atoms with Crippen LogP contribution < -0.4 is 0 Å². The van der Waals surface area contributed by atoms with E-state index in [1.165, 1.54) is 0 Å². The summed E-state index contributed by atoms with van der Waals surface area (Å²) in [7, 11) is 0. The summed E-state index contributed by atoms with van der Waals surface area (Å²) in [6, 6.07) is 7.16. The summed E-state index contributed by atoms with van der Waals surface area (Å²) in [5.41, 5.74) is 0.665. The predicted molar refractivity (Wildman–Crippen MR) is 55.4 cm³/mol. The van der Waals surface area contributed by atoms with E-state index in [1.54, 1.807) is 19.1 Å². The van der Waals surface area contributed by atoms with Gasteiger partial charge in [0.2, 0.25) is 0 Å². The first-order valence-electron chi connectivity index (χ1n) is 4.45. The Hall–Kier alpha value is -1.39. The minimum Gasteiger partial charge on any atom is -0.385 e. The van der Waals surface area contributed by atoms with Crippen molar-refractivity contribution in [3.05, 3.63) is 35.1 Å². The Labute approximate surface area is 91.5 Å². The van der Waals surface area contributed by atoms with Gasteiger partial charge in [0, 0.05) is 0 Å². The number of halogens is 1. The predicted octanol–water partition coefficient (Wildman–Crippen LogP) is 2.44. The first-order valence-corrected chi connectivity index (χ1v) is 4.83. The maximum Gasteiger partial charge on any atom is 0.259 e. The highest BCUT2D eigenvalue weighted by Gasteiger charge is 2.14. The first-order chi connectivity index (χ1) is 7.18. The second-order valence-electron chi connectivity index (χ2n) is 3.11. The van der Waals surface area contributed by atoms with Crippen molar-refractivity contribution in [2.24, 2.45) is 0 Å². The van der Waals surface area contributed by atoms with Gasteiger partial charge in [-0.25, -0.2) is 0 Å². The molecule has 4 nitrogen and oxygen atoms in total. The molecular weight excluding hydrogens is 216 g/mol. The molecule has 0 aliphatic carbocycles. The van der Waals surface area contributed by atoms with E-state index in [1.807, 2.05) is 12.1 Å². The van der Waals surface area contributed by atoms with E-state index < -0.39 is 6.10 Å². The van der Waals surface area contributed by atoms with E-state index in [0.29, 0.717) is 16.5 Å². The fraction of sp³-hybridized carbons (Fsp3) is 0.200. The molecule has 0 radical (unpaired) electrons. The van der Waals surface area contributed by atoms with Gasteiger partial charge in [-0.3, -0.25) is 0 Å². The third-order valence-electron chi connectivity index (χ3n) is 1.92. The molecule has 1 N–H and O–H groups in total. The lowest BCUT2D eigenvalue weighted by Gasteiger charge is -1.96. The van der Waals surface area contributed by atoms with E-state index >= 15 is 0 Å². The van der Waals surface area contributed by atoms with Crippen LogP contribution >= 0.6 is 11.6 Å². The van der Waals surface area contributed by atoms with Crippen molar-refractivity contribution in [2.45, 2.75) is 13.0 Å². The fourth-order valence-electron chi connectivity index (χ4n) is 1.15. The normalized spacial score (nSPS) is 12.7. The second kappa shape index (κ2) is 4.00. The topological polar surface area (TPSA) is 59.2 Å². The highest BCUT2D eigenvalue weighted by molar-refractivity contribution is 6.33. The third kappa shape index (κ3) is 2.00. The summed E-state index contributed by atoms with van der Waals surface area (Å²) in [5, 5.41) is 13.4. The number of aromatic nitrogens is 2. The van der Waals surface area contributed by atoms with Crippen LogP contribution in [0.1, 0.15) is 18.9 Å². The van der Waals surface area contributed by atoms with Crippen molar-refractivity contribution in [3.8, 4) is 11.5 Å². The second-order valence-corrected chi connectivity index (χ2v) is 3.52. The lowest BCUT2D eigenvalue weighted by atomic mass is 10.2. The molecule has 0 amide bonds. The first kappa shape index (κ1) is 10.1. The highest BCUT2D eigenvalue weighted by atomic mass is 35.5. The summed E-state index contributed by atoms with van der Waals surface area (Å²) in [5.74, 6) is 0.571. The van der Waals surface area contributed by atoms with Crippen molar-refractivity contribution >= 4 is 11.6 Å². The Morgan fingerprint density at radius 2 is 2.13 bits per heavy atom. The Bertz CT molecular complexity index is 468. The zero-order chi connectivity index (χ0) is 10.8. The van der Waals surface area contributed by atoms with Crippen molar-refractivity contribution < 1.29 is 9.63 Å². The van der Waals surface area contributed by atoms with E-state index in [4.69, 9.17) is 16.1 Å². The standard InChI is InChI=1S/C10H9ClN2O2/c1-6(14)9-12-10(15-13-9)7-4-2-3-5-8(7)11/h2-6,14H,1H3. The van der Waals surface area contributed by atoms with Crippen LogP contribution in [0, 0.1) is 0 Å². The summed E-state index contributed by atoms with van der Waals surface area (Å²) >= 11 is 5.96. The average Bonchev–Trinajstić information content (AvgIpc) is 2.67. The number of rotatable bonds is 2. The molecule has 0 saturated carbocycles. The van der Waals surface area contributed by atoms with E-state index in [-0.39, 0.29) is 5.82 Å². The number of nitrogens with zero attached hydrogens (tertiary/aromatic N) is 2. The van der Waals surface area contributed by atoms with Gasteiger partial charge < -0.3 is 9.63 Å². The van der Waals surface area contributed by atoms with Crippen LogP contribution in [0.15, 0.2) is 28.8 Å². The van der Waals surface area contributed by atoms with Gasteiger partial charge in [-0.05, 0) is 19.1 Å². The molecule has 0 aliphatic rings. The molecule has 1 heterocycles. The Kier molecular flexibility index (Phi) is 2.70. The van der Waals surface area contributed by atoms with Gasteiger partial charge >= 0.3 is 0 Å². The Balaban J connectivity index is 2.42. The maximum atomic E-state index is 9.24. The van der Waals surface area contributed by atoms with Crippen LogP contribution in [0.3, 0.4) is 0 Å². The molecule has 2 aromatic rings. The quantitative estimate of drug-likeness (QED) is 0.851. The summed E-state index contributed by atoms with van der Waals surface area (Å²) < 4.78 is 4.99. The molecule has 0 fully saturated rings. The van der Waals surface area contributed by atoms with Crippen molar-refractivity contribution in [2.75, 3.05) is 0 Å². The molecule has 5 heteroatoms. The minimum atomic E-state index is -0.745. The number of benzene rings is 1. The molecular formula is C10H9ClN2O2. The molecule has 0 spiro atoms. The number of aliphatic hydroxyl groups is 1. The Morgan fingerprint density at radius 3 is 2.73 bits per heavy atom. The minimum absolute atomic E-state index is 0.255. The largest absolute Gasteiger partial charge is 0.385 e. The van der Waals surface area contributed by atoms with Crippen molar-refractivity contribution in [1.29, 1.82) is 0 Å². The molecule has 1 aromatic carbocycles. The van der Waals surface area contributed by atoms with Crippen LogP contribution in [-0.2, 0) is 0 Å². The zero-order valence-electron chi connectivity index (χ0n) is 8.01. The molecule has 15 heavy (non-hydrogen) atoms. The molecule has 78 valence electrons. The number of hydrogen-bond acceptors (Lipinski definition) is 4. The molecule has 1 unspecified atom stereocenters. The van der Waals surface area contributed by atoms with Crippen molar-refractivity contribution in [3.63, 3.8) is 0 Å². The van der Waals surface area contributed by atoms with Gasteiger partial charge in [0.25, 0.3) is 5.89 Å². The van der Waals surface area contributed by atoms with Gasteiger partial charge in [-0.1, -0.05) is 28.9 Å². The molecule has 1 aromatic heterocycles. The van der Waals surface area contributed by atoms with Gasteiger partial charge in [0.15, 0.2) is 5.82 Å². The van der Waals surface area contributed by atoms with Crippen molar-refractivity contribution in [1.82, 2.24) is 10.1 Å². The lowest BCUT2D eigenvalue weighted by Crippen LogP contribution is -1.92. The average molecular weight is 225 g/mol. The molecule has 0 saturated heterocycles. The van der Waals surface area contributed by atoms with Gasteiger partial charge in [-0.2, -0.15) is 4.98 Å². The zero-order valence-corrected chi connectivity index (χ0v) is 8.77. The summed E-state index contributed by atoms with van der Waals surface area (Å²) in [6.45, 7) is 1.57. The molecule has 1 atom stereocenters. The molecule has 2 rings (SSSR count). The van der Waals surface area contributed by atoms with Crippen LogP contribution in [0.2, 0.25) is 5.02 Å². The van der Waals surface area contributed by atoms with Crippen LogP contribution in [0.4, 0.5) is 0 Å². The van der Waals surface area contributed by atoms with E-state index in [2.05, 4.69) is 10.1 Å². The summed E-state index contributed by atoms with van der Waals surface area (Å²) in [4.78, 5) is 4.03. The van der Waals surface area contributed by atoms with Gasteiger partial charge in [-0.15, -0.1) is 0 Å². The fourth-order valence-corrected chi connectivity index (χ4v) is 1.37. The smallest absolute Gasteiger partial charge is 0.259 e. The van der Waals surface area contributed by atoms with Gasteiger partial charge in [0.05, 0.1) is 10.6 Å². The molecule has 0 bridgehead atoms. The monoisotopic (exact) mass is 224 g/mol. The van der Waals surface area contributed by atoms with E-state index in [0.717, 1.165) is 0 Å². The van der Waals surface area contributed by atoms with Crippen LogP contribution in [-0.4, -0.2) is 15.2 Å². The van der Waals surface area contributed by atoms with Crippen LogP contribution in [0.25, 0.3) is 11.5 Å². The molecule has 0 aliphatic heterocycles. The third-order valence-corrected chi connectivity index (χ3v) is 2.25. The summed E-state index contributed by atoms with van der Waals surface area (Å²) in [6.07, 6.45) is -0.745. The van der Waals surface area contributed by atoms with E-state index in [9.17, 15) is 5.11 Å². The number of aliphatic hydroxyl groups excluding tert-OH is 1. The maximum absolute atomic E-state index is 9.24. The lowest BCUT2D eigenvalue weighted by molar-refractivity contribution is 0.184. The van der Waals surface area contributed by atoms with Crippen LogP contribution in [0.5, 0.6) is 0 Å². The number of hydrogen-bond donors (Lipinski definition) is 1. The SMILES string of the molecule is CC(O)c1noc(-c2ccccc2Cl)n1.